The van der Waals surface area contributed by atoms with E-state index >= 15 is 0 Å². The molecule has 0 saturated heterocycles. The molecule has 1 aromatic carbocycles. The summed E-state index contributed by atoms with van der Waals surface area (Å²) >= 11 is 0. The molecule has 0 spiro atoms. The van der Waals surface area contributed by atoms with E-state index in [0.717, 1.165) is 35.3 Å². The molecule has 0 unspecified atom stereocenters. The molecule has 0 radical (unpaired) electrons. The normalized spacial score (nSPS) is 13.3. The average molecular weight is 306 g/mol. The number of hydrogen-bond acceptors (Lipinski definition) is 3. The number of amides is 1. The molecule has 5 heteroatoms. The topological polar surface area (TPSA) is 59.8 Å². The van der Waals surface area contributed by atoms with Gasteiger partial charge in [-0.1, -0.05) is 6.07 Å². The number of benzene rings is 1. The zero-order valence-corrected chi connectivity index (χ0v) is 13.3. The van der Waals surface area contributed by atoms with Gasteiger partial charge in [0.05, 0.1) is 11.3 Å². The molecular formula is C18H18N4O. The van der Waals surface area contributed by atoms with Crippen LogP contribution in [0.2, 0.25) is 0 Å². The summed E-state index contributed by atoms with van der Waals surface area (Å²) in [6.07, 6.45) is 5.05. The number of aryl methyl sites for hydroxylation is 4. The number of carbonyl (C=O) groups excluding carboxylic acids is 1. The van der Waals surface area contributed by atoms with Gasteiger partial charge in [0.15, 0.2) is 5.65 Å². The SMILES string of the molecule is Cc1nn(C)c2ncc(C(=O)Nc3ccc4c(c3)CCC4)cc12. The maximum absolute atomic E-state index is 12.5. The minimum absolute atomic E-state index is 0.138. The standard InChI is InChI=1S/C18H18N4O/c1-11-16-9-14(10-19-17(16)22(2)21-11)18(23)20-15-7-6-12-4-3-5-13(12)8-15/h6-10H,3-5H2,1-2H3,(H,20,23). The number of carbonyl (C=O) groups is 1. The second-order valence-corrected chi connectivity index (χ2v) is 6.10. The minimum Gasteiger partial charge on any atom is -0.322 e. The summed E-state index contributed by atoms with van der Waals surface area (Å²) in [7, 11) is 1.85. The summed E-state index contributed by atoms with van der Waals surface area (Å²) in [6, 6.07) is 8.03. The van der Waals surface area contributed by atoms with Crippen molar-refractivity contribution in [2.75, 3.05) is 5.32 Å². The lowest BCUT2D eigenvalue weighted by molar-refractivity contribution is 0.102. The molecule has 4 rings (SSSR count). The monoisotopic (exact) mass is 306 g/mol. The van der Waals surface area contributed by atoms with Gasteiger partial charge in [-0.15, -0.1) is 0 Å². The summed E-state index contributed by atoms with van der Waals surface area (Å²) in [5.74, 6) is -0.138. The highest BCUT2D eigenvalue weighted by molar-refractivity contribution is 6.05. The molecule has 2 aromatic heterocycles. The van der Waals surface area contributed by atoms with Crippen LogP contribution in [0.25, 0.3) is 11.0 Å². The van der Waals surface area contributed by atoms with E-state index < -0.39 is 0 Å². The van der Waals surface area contributed by atoms with Gasteiger partial charge >= 0.3 is 0 Å². The number of aromatic nitrogens is 3. The lowest BCUT2D eigenvalue weighted by Crippen LogP contribution is -2.12. The predicted molar refractivity (Wildman–Crippen MR) is 89.7 cm³/mol. The van der Waals surface area contributed by atoms with Crippen LogP contribution in [0.3, 0.4) is 0 Å². The third kappa shape index (κ3) is 2.38. The Balaban J connectivity index is 1.63. The van der Waals surface area contributed by atoms with Crippen molar-refractivity contribution in [3.05, 3.63) is 52.8 Å². The molecule has 2 heterocycles. The van der Waals surface area contributed by atoms with Crippen LogP contribution in [0, 0.1) is 6.92 Å². The minimum atomic E-state index is -0.138. The van der Waals surface area contributed by atoms with Gasteiger partial charge in [-0.05, 0) is 55.5 Å². The van der Waals surface area contributed by atoms with E-state index in [-0.39, 0.29) is 5.91 Å². The quantitative estimate of drug-likeness (QED) is 0.791. The number of nitrogens with one attached hydrogen (secondary N) is 1. The molecule has 0 atom stereocenters. The molecule has 23 heavy (non-hydrogen) atoms. The zero-order valence-electron chi connectivity index (χ0n) is 13.3. The van der Waals surface area contributed by atoms with Crippen molar-refractivity contribution < 1.29 is 4.79 Å². The van der Waals surface area contributed by atoms with Gasteiger partial charge in [0.25, 0.3) is 5.91 Å². The average Bonchev–Trinajstić information content (AvgIpc) is 3.11. The van der Waals surface area contributed by atoms with Crippen molar-refractivity contribution in [3.63, 3.8) is 0 Å². The van der Waals surface area contributed by atoms with Crippen LogP contribution in [0.15, 0.2) is 30.5 Å². The highest BCUT2D eigenvalue weighted by Crippen LogP contribution is 2.25. The second-order valence-electron chi connectivity index (χ2n) is 6.10. The number of pyridine rings is 1. The molecule has 116 valence electrons. The van der Waals surface area contributed by atoms with Crippen molar-refractivity contribution in [1.29, 1.82) is 0 Å². The number of rotatable bonds is 2. The van der Waals surface area contributed by atoms with E-state index in [9.17, 15) is 4.79 Å². The van der Waals surface area contributed by atoms with Gasteiger partial charge in [-0.25, -0.2) is 4.98 Å². The van der Waals surface area contributed by atoms with E-state index in [1.807, 2.05) is 26.1 Å². The molecule has 1 aliphatic rings. The van der Waals surface area contributed by atoms with E-state index in [1.54, 1.807) is 10.9 Å². The molecule has 5 nitrogen and oxygen atoms in total. The number of anilines is 1. The summed E-state index contributed by atoms with van der Waals surface area (Å²) in [5, 5.41) is 8.22. The Kier molecular flexibility index (Phi) is 3.15. The molecule has 0 bridgehead atoms. The molecule has 1 aliphatic carbocycles. The van der Waals surface area contributed by atoms with Crippen LogP contribution in [-0.4, -0.2) is 20.7 Å². The number of nitrogens with zero attached hydrogens (tertiary/aromatic N) is 3. The number of fused-ring (bicyclic) bond motifs is 2. The molecule has 1 N–H and O–H groups in total. The van der Waals surface area contributed by atoms with Gasteiger partial charge in [0.1, 0.15) is 0 Å². The Morgan fingerprint density at radius 1 is 1.22 bits per heavy atom. The Bertz CT molecular complexity index is 926. The molecule has 3 aromatic rings. The van der Waals surface area contributed by atoms with Crippen molar-refractivity contribution in [1.82, 2.24) is 14.8 Å². The molecule has 0 fully saturated rings. The summed E-state index contributed by atoms with van der Waals surface area (Å²) in [6.45, 7) is 1.92. The Labute approximate surface area is 134 Å². The fourth-order valence-corrected chi connectivity index (χ4v) is 3.28. The molecule has 0 aliphatic heterocycles. The summed E-state index contributed by atoms with van der Waals surface area (Å²) < 4.78 is 1.73. The van der Waals surface area contributed by atoms with Crippen LogP contribution in [0.5, 0.6) is 0 Å². The van der Waals surface area contributed by atoms with Gasteiger partial charge in [0.2, 0.25) is 0 Å². The van der Waals surface area contributed by atoms with E-state index in [2.05, 4.69) is 27.5 Å². The van der Waals surface area contributed by atoms with E-state index in [1.165, 1.54) is 17.5 Å². The summed E-state index contributed by atoms with van der Waals surface area (Å²) in [4.78, 5) is 16.9. The first kappa shape index (κ1) is 13.9. The Hall–Kier alpha value is -2.69. The fraction of sp³-hybridized carbons (Fsp3) is 0.278. The van der Waals surface area contributed by atoms with Gasteiger partial charge in [-0.2, -0.15) is 5.10 Å². The largest absolute Gasteiger partial charge is 0.322 e. The van der Waals surface area contributed by atoms with E-state index in [4.69, 9.17) is 0 Å². The first-order valence-corrected chi connectivity index (χ1v) is 7.84. The smallest absolute Gasteiger partial charge is 0.257 e. The van der Waals surface area contributed by atoms with Crippen molar-refractivity contribution in [2.45, 2.75) is 26.2 Å². The maximum atomic E-state index is 12.5. The summed E-state index contributed by atoms with van der Waals surface area (Å²) in [5.41, 5.74) is 5.81. The highest BCUT2D eigenvalue weighted by atomic mass is 16.1. The van der Waals surface area contributed by atoms with Crippen LogP contribution < -0.4 is 5.32 Å². The van der Waals surface area contributed by atoms with Gasteiger partial charge < -0.3 is 5.32 Å². The van der Waals surface area contributed by atoms with Crippen molar-refractivity contribution >= 4 is 22.6 Å². The fourth-order valence-electron chi connectivity index (χ4n) is 3.28. The van der Waals surface area contributed by atoms with Crippen LogP contribution >= 0.6 is 0 Å². The Morgan fingerprint density at radius 3 is 2.91 bits per heavy atom. The van der Waals surface area contributed by atoms with E-state index in [0.29, 0.717) is 5.56 Å². The molecule has 0 saturated carbocycles. The van der Waals surface area contributed by atoms with Crippen molar-refractivity contribution in [2.24, 2.45) is 7.05 Å². The number of hydrogen-bond donors (Lipinski definition) is 1. The van der Waals surface area contributed by atoms with Gasteiger partial charge in [-0.3, -0.25) is 9.48 Å². The van der Waals surface area contributed by atoms with Crippen molar-refractivity contribution in [3.8, 4) is 0 Å². The predicted octanol–water partition coefficient (Wildman–Crippen LogP) is 3.02. The zero-order chi connectivity index (χ0) is 16.0. The molecule has 1 amide bonds. The highest BCUT2D eigenvalue weighted by Gasteiger charge is 2.14. The third-order valence-corrected chi connectivity index (χ3v) is 4.48. The second kappa shape index (κ2) is 5.19. The lowest BCUT2D eigenvalue weighted by Gasteiger charge is -2.07. The lowest BCUT2D eigenvalue weighted by atomic mass is 10.1. The first-order chi connectivity index (χ1) is 11.1. The Morgan fingerprint density at radius 2 is 2.04 bits per heavy atom. The molecular weight excluding hydrogens is 288 g/mol. The van der Waals surface area contributed by atoms with Crippen LogP contribution in [0.1, 0.15) is 33.6 Å². The van der Waals surface area contributed by atoms with Crippen LogP contribution in [-0.2, 0) is 19.9 Å². The van der Waals surface area contributed by atoms with Crippen LogP contribution in [0.4, 0.5) is 5.69 Å². The third-order valence-electron chi connectivity index (χ3n) is 4.48. The maximum Gasteiger partial charge on any atom is 0.257 e. The first-order valence-electron chi connectivity index (χ1n) is 7.84. The van der Waals surface area contributed by atoms with Gasteiger partial charge in [0, 0.05) is 24.3 Å².